The maximum atomic E-state index is 5.56. The second kappa shape index (κ2) is 4.35. The van der Waals surface area contributed by atoms with E-state index in [1.807, 2.05) is 24.5 Å². The zero-order chi connectivity index (χ0) is 9.80. The van der Waals surface area contributed by atoms with E-state index in [9.17, 15) is 0 Å². The number of nitrogens with two attached hydrogens (primary N) is 1. The summed E-state index contributed by atoms with van der Waals surface area (Å²) >= 11 is 1.78. The summed E-state index contributed by atoms with van der Waals surface area (Å²) in [4.78, 5) is 6.59. The van der Waals surface area contributed by atoms with Crippen LogP contribution in [0.5, 0.6) is 0 Å². The minimum atomic E-state index is 0.640. The van der Waals surface area contributed by atoms with Crippen molar-refractivity contribution >= 4 is 11.3 Å². The third kappa shape index (κ3) is 2.19. The van der Waals surface area contributed by atoms with Gasteiger partial charge < -0.3 is 5.73 Å². The predicted octanol–water partition coefficient (Wildman–Crippen LogP) is 2.19. The quantitative estimate of drug-likeness (QED) is 0.832. The molecule has 0 aliphatic heterocycles. The normalized spacial score (nSPS) is 10.4. The molecule has 2 aromatic rings. The maximum Gasteiger partial charge on any atom is 0.0273 e. The summed E-state index contributed by atoms with van der Waals surface area (Å²) in [6.45, 7) is 0.640. The highest BCUT2D eigenvalue weighted by Crippen LogP contribution is 2.18. The molecule has 2 aromatic heterocycles. The van der Waals surface area contributed by atoms with Crippen LogP contribution < -0.4 is 5.73 Å². The Bertz CT molecular complexity index is 395. The Balaban J connectivity index is 2.11. The van der Waals surface area contributed by atoms with Crippen LogP contribution >= 0.6 is 11.3 Å². The summed E-state index contributed by atoms with van der Waals surface area (Å²) in [5.74, 6) is 0. The molecule has 2 rings (SSSR count). The van der Waals surface area contributed by atoms with Crippen LogP contribution in [-0.4, -0.2) is 4.98 Å². The first-order valence-corrected chi connectivity index (χ1v) is 5.36. The van der Waals surface area contributed by atoms with Crippen molar-refractivity contribution in [1.82, 2.24) is 4.98 Å². The Morgan fingerprint density at radius 1 is 1.07 bits per heavy atom. The van der Waals surface area contributed by atoms with Gasteiger partial charge in [-0.05, 0) is 29.8 Å². The standard InChI is InChI=1S/C11H12N2S/c12-8-11-2-1-10(14-11)7-9-3-5-13-6-4-9/h1-6H,7-8,12H2. The van der Waals surface area contributed by atoms with Crippen LogP contribution in [-0.2, 0) is 13.0 Å². The van der Waals surface area contributed by atoms with E-state index in [0.29, 0.717) is 6.54 Å². The van der Waals surface area contributed by atoms with E-state index in [2.05, 4.69) is 17.1 Å². The summed E-state index contributed by atoms with van der Waals surface area (Å²) in [7, 11) is 0. The lowest BCUT2D eigenvalue weighted by atomic mass is 10.2. The van der Waals surface area contributed by atoms with Crippen LogP contribution in [0.3, 0.4) is 0 Å². The lowest BCUT2D eigenvalue weighted by Gasteiger charge is -1.96. The van der Waals surface area contributed by atoms with E-state index >= 15 is 0 Å². The highest BCUT2D eigenvalue weighted by Gasteiger charge is 1.99. The van der Waals surface area contributed by atoms with Crippen LogP contribution in [0.25, 0.3) is 0 Å². The molecule has 0 saturated carbocycles. The van der Waals surface area contributed by atoms with Gasteiger partial charge in [-0.25, -0.2) is 0 Å². The maximum absolute atomic E-state index is 5.56. The molecule has 2 heterocycles. The predicted molar refractivity (Wildman–Crippen MR) is 59.3 cm³/mol. The second-order valence-corrected chi connectivity index (χ2v) is 4.36. The number of hydrogen-bond donors (Lipinski definition) is 1. The van der Waals surface area contributed by atoms with Crippen LogP contribution in [0.4, 0.5) is 0 Å². The van der Waals surface area contributed by atoms with Gasteiger partial charge in [0.2, 0.25) is 0 Å². The number of rotatable bonds is 3. The topological polar surface area (TPSA) is 38.9 Å². The summed E-state index contributed by atoms with van der Waals surface area (Å²) in [6, 6.07) is 8.33. The zero-order valence-corrected chi connectivity index (χ0v) is 8.63. The Hall–Kier alpha value is -1.19. The highest BCUT2D eigenvalue weighted by atomic mass is 32.1. The molecule has 0 aromatic carbocycles. The number of hydrogen-bond acceptors (Lipinski definition) is 3. The van der Waals surface area contributed by atoms with Crippen LogP contribution in [0.2, 0.25) is 0 Å². The van der Waals surface area contributed by atoms with Gasteiger partial charge in [-0.1, -0.05) is 0 Å². The molecule has 72 valence electrons. The average Bonchev–Trinajstić information content (AvgIpc) is 2.67. The first kappa shape index (κ1) is 9.37. The molecule has 0 fully saturated rings. The molecule has 0 saturated heterocycles. The summed E-state index contributed by atoms with van der Waals surface area (Å²) in [5.41, 5.74) is 6.85. The van der Waals surface area contributed by atoms with Gasteiger partial charge in [-0.15, -0.1) is 11.3 Å². The Morgan fingerprint density at radius 2 is 1.79 bits per heavy atom. The first-order chi connectivity index (χ1) is 6.88. The van der Waals surface area contributed by atoms with Crippen molar-refractivity contribution in [3.8, 4) is 0 Å². The molecular weight excluding hydrogens is 192 g/mol. The third-order valence-corrected chi connectivity index (χ3v) is 3.15. The third-order valence-electron chi connectivity index (χ3n) is 2.05. The molecule has 0 atom stereocenters. The van der Waals surface area contributed by atoms with Crippen molar-refractivity contribution in [2.75, 3.05) is 0 Å². The van der Waals surface area contributed by atoms with Gasteiger partial charge in [0.05, 0.1) is 0 Å². The van der Waals surface area contributed by atoms with E-state index < -0.39 is 0 Å². The number of nitrogens with zero attached hydrogens (tertiary/aromatic N) is 1. The van der Waals surface area contributed by atoms with Gasteiger partial charge in [-0.2, -0.15) is 0 Å². The molecular formula is C11H12N2S. The van der Waals surface area contributed by atoms with E-state index in [1.165, 1.54) is 15.3 Å². The molecule has 2 nitrogen and oxygen atoms in total. The fourth-order valence-electron chi connectivity index (χ4n) is 1.33. The molecule has 0 amide bonds. The van der Waals surface area contributed by atoms with Crippen molar-refractivity contribution in [3.63, 3.8) is 0 Å². The Morgan fingerprint density at radius 3 is 2.43 bits per heavy atom. The fourth-order valence-corrected chi connectivity index (χ4v) is 2.26. The smallest absolute Gasteiger partial charge is 0.0273 e. The van der Waals surface area contributed by atoms with E-state index in [4.69, 9.17) is 5.73 Å². The van der Waals surface area contributed by atoms with Crippen molar-refractivity contribution in [1.29, 1.82) is 0 Å². The van der Waals surface area contributed by atoms with Crippen LogP contribution in [0.15, 0.2) is 36.7 Å². The van der Waals surface area contributed by atoms with E-state index in [-0.39, 0.29) is 0 Å². The van der Waals surface area contributed by atoms with E-state index in [1.54, 1.807) is 11.3 Å². The molecule has 0 unspecified atom stereocenters. The van der Waals surface area contributed by atoms with E-state index in [0.717, 1.165) is 6.42 Å². The Labute approximate surface area is 87.4 Å². The van der Waals surface area contributed by atoms with Crippen LogP contribution in [0.1, 0.15) is 15.3 Å². The summed E-state index contributed by atoms with van der Waals surface area (Å²) in [5, 5.41) is 0. The molecule has 0 aliphatic rings. The van der Waals surface area contributed by atoms with Gasteiger partial charge in [0.25, 0.3) is 0 Å². The number of pyridine rings is 1. The summed E-state index contributed by atoms with van der Waals surface area (Å²) < 4.78 is 0. The summed E-state index contributed by atoms with van der Waals surface area (Å²) in [6.07, 6.45) is 4.63. The molecule has 3 heteroatoms. The van der Waals surface area contributed by atoms with Crippen molar-refractivity contribution < 1.29 is 0 Å². The second-order valence-electron chi connectivity index (χ2n) is 3.10. The van der Waals surface area contributed by atoms with Crippen molar-refractivity contribution in [3.05, 3.63) is 52.0 Å². The average molecular weight is 204 g/mol. The first-order valence-electron chi connectivity index (χ1n) is 4.55. The fraction of sp³-hybridized carbons (Fsp3) is 0.182. The molecule has 14 heavy (non-hydrogen) atoms. The van der Waals surface area contributed by atoms with Crippen molar-refractivity contribution in [2.24, 2.45) is 5.73 Å². The van der Waals surface area contributed by atoms with Gasteiger partial charge in [0.15, 0.2) is 0 Å². The van der Waals surface area contributed by atoms with Crippen LogP contribution in [0, 0.1) is 0 Å². The van der Waals surface area contributed by atoms with Gasteiger partial charge in [-0.3, -0.25) is 4.98 Å². The minimum absolute atomic E-state index is 0.640. The molecule has 2 N–H and O–H groups in total. The van der Waals surface area contributed by atoms with Gasteiger partial charge in [0, 0.05) is 35.1 Å². The lowest BCUT2D eigenvalue weighted by molar-refractivity contribution is 1.11. The Kier molecular flexibility index (Phi) is 2.91. The molecule has 0 bridgehead atoms. The monoisotopic (exact) mass is 204 g/mol. The molecule has 0 radical (unpaired) electrons. The lowest BCUT2D eigenvalue weighted by Crippen LogP contribution is -1.91. The SMILES string of the molecule is NCc1ccc(Cc2ccncc2)s1. The van der Waals surface area contributed by atoms with Gasteiger partial charge >= 0.3 is 0 Å². The van der Waals surface area contributed by atoms with Crippen molar-refractivity contribution in [2.45, 2.75) is 13.0 Å². The number of aromatic nitrogens is 1. The minimum Gasteiger partial charge on any atom is -0.326 e. The highest BCUT2D eigenvalue weighted by molar-refractivity contribution is 7.12. The zero-order valence-electron chi connectivity index (χ0n) is 7.81. The largest absolute Gasteiger partial charge is 0.326 e. The van der Waals surface area contributed by atoms with Gasteiger partial charge in [0.1, 0.15) is 0 Å². The molecule has 0 aliphatic carbocycles. The molecule has 0 spiro atoms. The number of thiophene rings is 1.